The highest BCUT2D eigenvalue weighted by atomic mass is 79.9. The number of rotatable bonds is 4. The Morgan fingerprint density at radius 1 is 1.47 bits per heavy atom. The summed E-state index contributed by atoms with van der Waals surface area (Å²) in [6.45, 7) is 4.07. The summed E-state index contributed by atoms with van der Waals surface area (Å²) in [5, 5.41) is 3.45. The van der Waals surface area contributed by atoms with Gasteiger partial charge in [0, 0.05) is 10.5 Å². The predicted octanol–water partition coefficient (Wildman–Crippen LogP) is 3.22. The Hall–Kier alpha value is -0.870. The van der Waals surface area contributed by atoms with E-state index in [9.17, 15) is 4.79 Å². The van der Waals surface area contributed by atoms with Crippen LogP contribution in [0.4, 0.5) is 0 Å². The normalized spacial score (nSPS) is 19.3. The lowest BCUT2D eigenvalue weighted by Gasteiger charge is -2.24. The third-order valence-electron chi connectivity index (χ3n) is 3.72. The van der Waals surface area contributed by atoms with Crippen LogP contribution in [0.1, 0.15) is 37.4 Å². The summed E-state index contributed by atoms with van der Waals surface area (Å²) in [6, 6.07) is 6.24. The fourth-order valence-corrected chi connectivity index (χ4v) is 3.24. The molecule has 1 N–H and O–H groups in total. The quantitative estimate of drug-likeness (QED) is 0.864. The molecule has 0 bridgehead atoms. The van der Waals surface area contributed by atoms with E-state index in [2.05, 4.69) is 33.4 Å². The van der Waals surface area contributed by atoms with Crippen molar-refractivity contribution in [1.82, 2.24) is 5.32 Å². The maximum atomic E-state index is 11.8. The first kappa shape index (κ1) is 14.5. The molecule has 104 valence electrons. The molecule has 2 atom stereocenters. The average molecular weight is 326 g/mol. The van der Waals surface area contributed by atoms with Crippen molar-refractivity contribution in [3.8, 4) is 0 Å². The number of carbonyl (C=O) groups excluding carboxylic acids is 1. The van der Waals surface area contributed by atoms with Crippen molar-refractivity contribution in [3.05, 3.63) is 33.8 Å². The molecule has 3 nitrogen and oxygen atoms in total. The van der Waals surface area contributed by atoms with Gasteiger partial charge in [-0.3, -0.25) is 10.1 Å². The molecule has 19 heavy (non-hydrogen) atoms. The van der Waals surface area contributed by atoms with Crippen LogP contribution in [-0.4, -0.2) is 19.1 Å². The standard InChI is InChI=1S/C15H20BrNO2/c1-9(2)14(15(18)19-3)17-13-8-7-10-11(13)5-4-6-12(10)16/h4-6,9,13-14,17H,7-8H2,1-3H3. The van der Waals surface area contributed by atoms with Crippen LogP contribution in [-0.2, 0) is 16.0 Å². The molecule has 0 saturated heterocycles. The first-order valence-corrected chi connectivity index (χ1v) is 7.45. The lowest BCUT2D eigenvalue weighted by molar-refractivity contribution is -0.144. The smallest absolute Gasteiger partial charge is 0.323 e. The number of hydrogen-bond acceptors (Lipinski definition) is 3. The SMILES string of the molecule is COC(=O)C(NC1CCc2c(Br)cccc21)C(C)C. The average Bonchev–Trinajstić information content (AvgIpc) is 2.79. The minimum atomic E-state index is -0.250. The number of carbonyl (C=O) groups is 1. The number of methoxy groups -OCH3 is 1. The molecule has 0 saturated carbocycles. The second-order valence-corrected chi connectivity index (χ2v) is 6.16. The van der Waals surface area contributed by atoms with E-state index in [0.29, 0.717) is 0 Å². The van der Waals surface area contributed by atoms with Gasteiger partial charge < -0.3 is 4.74 Å². The number of ether oxygens (including phenoxy) is 1. The Morgan fingerprint density at radius 2 is 2.21 bits per heavy atom. The monoisotopic (exact) mass is 325 g/mol. The molecule has 4 heteroatoms. The molecule has 2 rings (SSSR count). The van der Waals surface area contributed by atoms with Crippen molar-refractivity contribution < 1.29 is 9.53 Å². The van der Waals surface area contributed by atoms with Gasteiger partial charge in [-0.05, 0) is 36.0 Å². The molecule has 2 unspecified atom stereocenters. The van der Waals surface area contributed by atoms with Gasteiger partial charge in [-0.15, -0.1) is 0 Å². The molecule has 0 amide bonds. The van der Waals surface area contributed by atoms with Crippen molar-refractivity contribution in [2.75, 3.05) is 7.11 Å². The molecular formula is C15H20BrNO2. The van der Waals surface area contributed by atoms with E-state index in [4.69, 9.17) is 4.74 Å². The zero-order valence-corrected chi connectivity index (χ0v) is 13.2. The van der Waals surface area contributed by atoms with Gasteiger partial charge in [-0.2, -0.15) is 0 Å². The Morgan fingerprint density at radius 3 is 2.84 bits per heavy atom. The topological polar surface area (TPSA) is 38.3 Å². The predicted molar refractivity (Wildman–Crippen MR) is 79.0 cm³/mol. The molecule has 0 radical (unpaired) electrons. The maximum Gasteiger partial charge on any atom is 0.323 e. The molecule has 0 spiro atoms. The van der Waals surface area contributed by atoms with Crippen LogP contribution in [0.3, 0.4) is 0 Å². The fourth-order valence-electron chi connectivity index (χ4n) is 2.66. The highest BCUT2D eigenvalue weighted by Gasteiger charge is 2.30. The first-order chi connectivity index (χ1) is 9.04. The highest BCUT2D eigenvalue weighted by molar-refractivity contribution is 9.10. The first-order valence-electron chi connectivity index (χ1n) is 6.65. The Kier molecular flexibility index (Phi) is 4.63. The number of fused-ring (bicyclic) bond motifs is 1. The lowest BCUT2D eigenvalue weighted by atomic mass is 10.0. The molecule has 0 aromatic heterocycles. The van der Waals surface area contributed by atoms with E-state index in [-0.39, 0.29) is 24.0 Å². The molecule has 1 aromatic carbocycles. The van der Waals surface area contributed by atoms with Gasteiger partial charge >= 0.3 is 5.97 Å². The van der Waals surface area contributed by atoms with Crippen molar-refractivity contribution in [2.45, 2.75) is 38.8 Å². The van der Waals surface area contributed by atoms with Gasteiger partial charge in [0.2, 0.25) is 0 Å². The molecular weight excluding hydrogens is 306 g/mol. The van der Waals surface area contributed by atoms with Gasteiger partial charge in [0.1, 0.15) is 6.04 Å². The minimum Gasteiger partial charge on any atom is -0.468 e. The highest BCUT2D eigenvalue weighted by Crippen LogP contribution is 2.36. The Labute approximate surface area is 122 Å². The van der Waals surface area contributed by atoms with Crippen LogP contribution < -0.4 is 5.32 Å². The lowest BCUT2D eigenvalue weighted by Crippen LogP contribution is -2.43. The summed E-state index contributed by atoms with van der Waals surface area (Å²) < 4.78 is 6.05. The maximum absolute atomic E-state index is 11.8. The molecule has 1 aliphatic rings. The fraction of sp³-hybridized carbons (Fsp3) is 0.533. The number of benzene rings is 1. The van der Waals surface area contributed by atoms with E-state index in [1.807, 2.05) is 19.9 Å². The number of hydrogen-bond donors (Lipinski definition) is 1. The van der Waals surface area contributed by atoms with Gasteiger partial charge in [0.25, 0.3) is 0 Å². The zero-order chi connectivity index (χ0) is 14.0. The van der Waals surface area contributed by atoms with Crippen LogP contribution in [0.5, 0.6) is 0 Å². The Bertz CT molecular complexity index is 473. The van der Waals surface area contributed by atoms with Crippen LogP contribution in [0, 0.1) is 5.92 Å². The molecule has 1 aliphatic carbocycles. The van der Waals surface area contributed by atoms with Gasteiger partial charge in [-0.1, -0.05) is 41.9 Å². The van der Waals surface area contributed by atoms with Crippen LogP contribution in [0.15, 0.2) is 22.7 Å². The molecule has 0 fully saturated rings. The summed E-state index contributed by atoms with van der Waals surface area (Å²) in [6.07, 6.45) is 2.07. The summed E-state index contributed by atoms with van der Waals surface area (Å²) in [5.41, 5.74) is 2.65. The van der Waals surface area contributed by atoms with Crippen molar-refractivity contribution in [3.63, 3.8) is 0 Å². The second kappa shape index (κ2) is 6.06. The van der Waals surface area contributed by atoms with Gasteiger partial charge in [0.05, 0.1) is 7.11 Å². The Balaban J connectivity index is 2.18. The summed E-state index contributed by atoms with van der Waals surface area (Å²) >= 11 is 3.59. The second-order valence-electron chi connectivity index (χ2n) is 5.31. The minimum absolute atomic E-state index is 0.182. The summed E-state index contributed by atoms with van der Waals surface area (Å²) in [4.78, 5) is 11.8. The number of halogens is 1. The van der Waals surface area contributed by atoms with E-state index in [0.717, 1.165) is 17.3 Å². The van der Waals surface area contributed by atoms with Crippen molar-refractivity contribution in [2.24, 2.45) is 5.92 Å². The zero-order valence-electron chi connectivity index (χ0n) is 11.6. The van der Waals surface area contributed by atoms with E-state index in [1.54, 1.807) is 0 Å². The molecule has 0 aliphatic heterocycles. The third-order valence-corrected chi connectivity index (χ3v) is 4.46. The molecule has 1 aromatic rings. The van der Waals surface area contributed by atoms with E-state index < -0.39 is 0 Å². The van der Waals surface area contributed by atoms with Crippen LogP contribution >= 0.6 is 15.9 Å². The largest absolute Gasteiger partial charge is 0.468 e. The summed E-state index contributed by atoms with van der Waals surface area (Å²) in [7, 11) is 1.44. The molecule has 0 heterocycles. The number of esters is 1. The summed E-state index contributed by atoms with van der Waals surface area (Å²) in [5.74, 6) is 0.0297. The van der Waals surface area contributed by atoms with E-state index in [1.165, 1.54) is 18.2 Å². The van der Waals surface area contributed by atoms with Gasteiger partial charge in [0.15, 0.2) is 0 Å². The van der Waals surface area contributed by atoms with E-state index >= 15 is 0 Å². The third kappa shape index (κ3) is 3.00. The van der Waals surface area contributed by atoms with Crippen molar-refractivity contribution in [1.29, 1.82) is 0 Å². The number of nitrogens with one attached hydrogen (secondary N) is 1. The van der Waals surface area contributed by atoms with Gasteiger partial charge in [-0.25, -0.2) is 0 Å². The van der Waals surface area contributed by atoms with Crippen LogP contribution in [0.25, 0.3) is 0 Å². The van der Waals surface area contributed by atoms with Crippen LogP contribution in [0.2, 0.25) is 0 Å². The van der Waals surface area contributed by atoms with Crippen molar-refractivity contribution >= 4 is 21.9 Å².